The fourth-order valence-electron chi connectivity index (χ4n) is 3.17. The third-order valence-corrected chi connectivity index (χ3v) is 5.60. The van der Waals surface area contributed by atoms with Crippen molar-refractivity contribution in [2.75, 3.05) is 0 Å². The van der Waals surface area contributed by atoms with Crippen LogP contribution in [0, 0.1) is 10.1 Å². The van der Waals surface area contributed by atoms with E-state index in [2.05, 4.69) is 11.9 Å². The molecule has 0 spiro atoms. The second kappa shape index (κ2) is 6.77. The Hall–Kier alpha value is -3.32. The Balaban J connectivity index is 1.96. The van der Waals surface area contributed by atoms with Gasteiger partial charge in [0.2, 0.25) is 0 Å². The number of carbonyl (C=O) groups excluding carboxylic acids is 1. The van der Waals surface area contributed by atoms with Crippen LogP contribution in [0.1, 0.15) is 22.3 Å². The number of aldehydes is 1. The number of nitro groups is 1. The number of rotatable bonds is 5. The molecule has 0 saturated heterocycles. The molecule has 0 saturated carbocycles. The SMILES string of the molecule is CCc1sc2nc(-c3ccc([N+](=O)[O-])cc3)c(C=O)n2c1-c1ccccc1. The topological polar surface area (TPSA) is 77.5 Å². The second-order valence-electron chi connectivity index (χ2n) is 5.98. The second-order valence-corrected chi connectivity index (χ2v) is 7.04. The Morgan fingerprint density at radius 1 is 1.11 bits per heavy atom. The van der Waals surface area contributed by atoms with Crippen LogP contribution in [0.25, 0.3) is 27.5 Å². The predicted octanol–water partition coefficient (Wildman–Crippen LogP) is 5.01. The molecule has 0 aliphatic rings. The molecule has 4 aromatic rings. The molecule has 6 nitrogen and oxygen atoms in total. The molecule has 4 rings (SSSR count). The molecular weight excluding hydrogens is 362 g/mol. The van der Waals surface area contributed by atoms with Crippen molar-refractivity contribution >= 4 is 28.3 Å². The zero-order chi connectivity index (χ0) is 19.0. The molecule has 2 heterocycles. The highest BCUT2D eigenvalue weighted by Crippen LogP contribution is 2.36. The lowest BCUT2D eigenvalue weighted by molar-refractivity contribution is -0.384. The van der Waals surface area contributed by atoms with Gasteiger partial charge in [-0.25, -0.2) is 4.98 Å². The minimum Gasteiger partial charge on any atom is -0.296 e. The smallest absolute Gasteiger partial charge is 0.269 e. The third kappa shape index (κ3) is 2.82. The van der Waals surface area contributed by atoms with E-state index in [-0.39, 0.29) is 5.69 Å². The van der Waals surface area contributed by atoms with Crippen molar-refractivity contribution in [1.82, 2.24) is 9.38 Å². The molecule has 0 bridgehead atoms. The van der Waals surface area contributed by atoms with E-state index in [4.69, 9.17) is 0 Å². The Bertz CT molecular complexity index is 1140. The van der Waals surface area contributed by atoms with Crippen LogP contribution in [0.15, 0.2) is 54.6 Å². The van der Waals surface area contributed by atoms with Crippen LogP contribution < -0.4 is 0 Å². The minimum atomic E-state index is -0.447. The van der Waals surface area contributed by atoms with E-state index in [1.165, 1.54) is 12.1 Å². The molecule has 2 aromatic heterocycles. The molecule has 7 heteroatoms. The molecule has 0 atom stereocenters. The maximum atomic E-state index is 12.0. The molecule has 134 valence electrons. The van der Waals surface area contributed by atoms with Gasteiger partial charge in [-0.2, -0.15) is 0 Å². The summed E-state index contributed by atoms with van der Waals surface area (Å²) in [6, 6.07) is 16.0. The number of non-ortho nitro benzene ring substituents is 1. The van der Waals surface area contributed by atoms with Gasteiger partial charge in [0.1, 0.15) is 11.4 Å². The van der Waals surface area contributed by atoms with Crippen molar-refractivity contribution < 1.29 is 9.72 Å². The maximum Gasteiger partial charge on any atom is 0.269 e. The van der Waals surface area contributed by atoms with Crippen LogP contribution in [0.2, 0.25) is 0 Å². The van der Waals surface area contributed by atoms with Crippen LogP contribution >= 0.6 is 11.3 Å². The van der Waals surface area contributed by atoms with E-state index < -0.39 is 4.92 Å². The number of benzene rings is 2. The van der Waals surface area contributed by atoms with Crippen LogP contribution in [-0.4, -0.2) is 20.6 Å². The molecular formula is C20H15N3O3S. The highest BCUT2D eigenvalue weighted by Gasteiger charge is 2.22. The van der Waals surface area contributed by atoms with Crippen molar-refractivity contribution in [2.24, 2.45) is 0 Å². The maximum absolute atomic E-state index is 12.0. The Labute approximate surface area is 158 Å². The van der Waals surface area contributed by atoms with Crippen molar-refractivity contribution in [3.05, 3.63) is 75.3 Å². The van der Waals surface area contributed by atoms with Crippen molar-refractivity contribution in [3.63, 3.8) is 0 Å². The summed E-state index contributed by atoms with van der Waals surface area (Å²) < 4.78 is 1.89. The highest BCUT2D eigenvalue weighted by atomic mass is 32.1. The molecule has 0 N–H and O–H groups in total. The summed E-state index contributed by atoms with van der Waals surface area (Å²) in [6.45, 7) is 2.08. The summed E-state index contributed by atoms with van der Waals surface area (Å²) in [5.74, 6) is 0. The zero-order valence-electron chi connectivity index (χ0n) is 14.5. The van der Waals surface area contributed by atoms with E-state index >= 15 is 0 Å². The molecule has 0 radical (unpaired) electrons. The van der Waals surface area contributed by atoms with Crippen LogP contribution in [-0.2, 0) is 6.42 Å². The number of imidazole rings is 1. The van der Waals surface area contributed by atoms with E-state index in [1.54, 1.807) is 23.5 Å². The number of aromatic nitrogens is 2. The number of carbonyl (C=O) groups is 1. The fraction of sp³-hybridized carbons (Fsp3) is 0.100. The number of aryl methyl sites for hydroxylation is 1. The first-order chi connectivity index (χ1) is 13.1. The van der Waals surface area contributed by atoms with Crippen molar-refractivity contribution in [1.29, 1.82) is 0 Å². The number of thiazole rings is 1. The molecule has 0 amide bonds. The molecule has 0 unspecified atom stereocenters. The van der Waals surface area contributed by atoms with Crippen molar-refractivity contribution in [3.8, 4) is 22.5 Å². The lowest BCUT2D eigenvalue weighted by Crippen LogP contribution is -1.96. The molecule has 27 heavy (non-hydrogen) atoms. The number of fused-ring (bicyclic) bond motifs is 1. The third-order valence-electron chi connectivity index (χ3n) is 4.42. The minimum absolute atomic E-state index is 0.00525. The van der Waals surface area contributed by atoms with Gasteiger partial charge in [-0.05, 0) is 24.1 Å². The quantitative estimate of drug-likeness (QED) is 0.278. The highest BCUT2D eigenvalue weighted by molar-refractivity contribution is 7.17. The number of hydrogen-bond acceptors (Lipinski definition) is 5. The zero-order valence-corrected chi connectivity index (χ0v) is 15.3. The van der Waals surface area contributed by atoms with E-state index in [9.17, 15) is 14.9 Å². The van der Waals surface area contributed by atoms with Gasteiger partial charge >= 0.3 is 0 Å². The fourth-order valence-corrected chi connectivity index (χ4v) is 4.26. The van der Waals surface area contributed by atoms with E-state index in [1.807, 2.05) is 34.7 Å². The van der Waals surface area contributed by atoms with Crippen LogP contribution in [0.5, 0.6) is 0 Å². The summed E-state index contributed by atoms with van der Waals surface area (Å²) in [7, 11) is 0. The normalized spacial score (nSPS) is 11.0. The number of hydrogen-bond donors (Lipinski definition) is 0. The predicted molar refractivity (Wildman–Crippen MR) is 105 cm³/mol. The summed E-state index contributed by atoms with van der Waals surface area (Å²) >= 11 is 1.56. The number of nitrogens with zero attached hydrogens (tertiary/aromatic N) is 3. The van der Waals surface area contributed by atoms with Crippen LogP contribution in [0.4, 0.5) is 5.69 Å². The van der Waals surface area contributed by atoms with E-state index in [0.717, 1.165) is 33.8 Å². The van der Waals surface area contributed by atoms with Gasteiger partial charge < -0.3 is 0 Å². The summed E-state index contributed by atoms with van der Waals surface area (Å²) in [6.07, 6.45) is 1.64. The van der Waals surface area contributed by atoms with E-state index in [0.29, 0.717) is 17.0 Å². The van der Waals surface area contributed by atoms with Gasteiger partial charge in [-0.15, -0.1) is 11.3 Å². The Kier molecular flexibility index (Phi) is 4.29. The molecule has 0 aliphatic heterocycles. The standard InChI is InChI=1S/C20H15N3O3S/c1-2-17-19(14-6-4-3-5-7-14)22-16(12-24)18(21-20(22)27-17)13-8-10-15(11-9-13)23(25)26/h3-12H,2H2,1H3. The van der Waals surface area contributed by atoms with Crippen LogP contribution in [0.3, 0.4) is 0 Å². The monoisotopic (exact) mass is 377 g/mol. The van der Waals surface area contributed by atoms with Gasteiger partial charge in [0.05, 0.1) is 10.6 Å². The average Bonchev–Trinajstić information content (AvgIpc) is 3.23. The summed E-state index contributed by atoms with van der Waals surface area (Å²) in [4.78, 5) is 29.0. The first-order valence-corrected chi connectivity index (χ1v) is 9.25. The lowest BCUT2D eigenvalue weighted by atomic mass is 10.1. The van der Waals surface area contributed by atoms with Gasteiger partial charge in [0.25, 0.3) is 5.69 Å². The van der Waals surface area contributed by atoms with Gasteiger partial charge in [-0.3, -0.25) is 19.3 Å². The first-order valence-electron chi connectivity index (χ1n) is 8.43. The number of nitro benzene ring substituents is 1. The summed E-state index contributed by atoms with van der Waals surface area (Å²) in [5, 5.41) is 10.9. The van der Waals surface area contributed by atoms with Gasteiger partial charge in [0, 0.05) is 22.6 Å². The van der Waals surface area contributed by atoms with Gasteiger partial charge in [-0.1, -0.05) is 37.3 Å². The Morgan fingerprint density at radius 2 is 1.81 bits per heavy atom. The average molecular weight is 377 g/mol. The first kappa shape index (κ1) is 17.1. The summed E-state index contributed by atoms with van der Waals surface area (Å²) in [5.41, 5.74) is 3.66. The molecule has 2 aromatic carbocycles. The lowest BCUT2D eigenvalue weighted by Gasteiger charge is -2.05. The van der Waals surface area contributed by atoms with Crippen molar-refractivity contribution in [2.45, 2.75) is 13.3 Å². The van der Waals surface area contributed by atoms with Gasteiger partial charge in [0.15, 0.2) is 11.2 Å². The molecule has 0 fully saturated rings. The Morgan fingerprint density at radius 3 is 2.41 bits per heavy atom. The largest absolute Gasteiger partial charge is 0.296 e. The molecule has 0 aliphatic carbocycles.